The molecule has 2 aromatic carbocycles. The molecule has 1 saturated heterocycles. The van der Waals surface area contributed by atoms with Crippen molar-refractivity contribution in [2.24, 2.45) is 0 Å². The summed E-state index contributed by atoms with van der Waals surface area (Å²) < 4.78 is 76.1. The third kappa shape index (κ3) is 5.21. The first kappa shape index (κ1) is 28.1. The van der Waals surface area contributed by atoms with E-state index in [1.807, 2.05) is 4.90 Å². The Balaban J connectivity index is 1.48. The van der Waals surface area contributed by atoms with Crippen LogP contribution in [0, 0.1) is 18.6 Å². The number of carbonyl (C=O) groups is 1. The van der Waals surface area contributed by atoms with Crippen LogP contribution in [0.2, 0.25) is 0 Å². The monoisotopic (exact) mass is 571 g/mol. The smallest absolute Gasteiger partial charge is 0.433 e. The molecule has 0 unspecified atom stereocenters. The number of ether oxygens (including phenoxy) is 1. The van der Waals surface area contributed by atoms with Gasteiger partial charge in [-0.1, -0.05) is 6.58 Å². The van der Waals surface area contributed by atoms with Gasteiger partial charge in [-0.3, -0.25) is 4.79 Å². The largest absolute Gasteiger partial charge is 0.497 e. The maximum atomic E-state index is 14.3. The molecule has 0 bridgehead atoms. The SMILES string of the molecule is C=C(c1cc(F)cc(F)c1)N1CCN(C(=O)c2cnn3c(C(F)(F)F)c(C)c(-c4ccc(OC)cc4)nc23)[C@H](C)C1. The molecule has 0 spiro atoms. The topological polar surface area (TPSA) is 63.0 Å². The summed E-state index contributed by atoms with van der Waals surface area (Å²) in [6.45, 7) is 7.84. The quantitative estimate of drug-likeness (QED) is 0.282. The molecule has 0 saturated carbocycles. The Morgan fingerprint density at radius 2 is 1.73 bits per heavy atom. The van der Waals surface area contributed by atoms with Crippen molar-refractivity contribution in [2.45, 2.75) is 26.1 Å². The van der Waals surface area contributed by atoms with Crippen LogP contribution in [0.1, 0.15) is 34.1 Å². The minimum atomic E-state index is -4.77. The molecule has 4 aromatic rings. The molecule has 41 heavy (non-hydrogen) atoms. The van der Waals surface area contributed by atoms with Crippen LogP contribution in [0.5, 0.6) is 5.75 Å². The van der Waals surface area contributed by atoms with Gasteiger partial charge >= 0.3 is 6.18 Å². The fourth-order valence-corrected chi connectivity index (χ4v) is 5.15. The zero-order chi connectivity index (χ0) is 29.6. The molecule has 214 valence electrons. The van der Waals surface area contributed by atoms with Crippen LogP contribution in [0.4, 0.5) is 22.0 Å². The third-order valence-electron chi connectivity index (χ3n) is 7.21. The molecule has 1 atom stereocenters. The summed E-state index contributed by atoms with van der Waals surface area (Å²) in [6.07, 6.45) is -3.67. The number of methoxy groups -OCH3 is 1. The number of alkyl halides is 3. The van der Waals surface area contributed by atoms with Crippen LogP contribution in [0.3, 0.4) is 0 Å². The first-order valence-corrected chi connectivity index (χ1v) is 12.7. The number of benzene rings is 2. The summed E-state index contributed by atoms with van der Waals surface area (Å²) in [6, 6.07) is 9.15. The van der Waals surface area contributed by atoms with E-state index in [4.69, 9.17) is 4.74 Å². The minimum Gasteiger partial charge on any atom is -0.497 e. The van der Waals surface area contributed by atoms with Gasteiger partial charge in [-0.15, -0.1) is 0 Å². The van der Waals surface area contributed by atoms with Crippen molar-refractivity contribution in [1.82, 2.24) is 24.4 Å². The molecule has 7 nitrogen and oxygen atoms in total. The van der Waals surface area contributed by atoms with E-state index in [1.165, 1.54) is 31.1 Å². The van der Waals surface area contributed by atoms with Crippen molar-refractivity contribution in [3.05, 3.63) is 89.3 Å². The summed E-state index contributed by atoms with van der Waals surface area (Å²) in [5.74, 6) is -1.46. The molecule has 0 N–H and O–H groups in total. The standard InChI is InChI=1S/C29H26F5N5O2/c1-16-15-37(18(3)20-11-21(30)13-22(31)12-20)9-10-38(16)28(40)24-14-35-39-26(29(32,33)34)17(2)25(36-27(24)39)19-5-7-23(41-4)8-6-19/h5-8,11-14,16H,3,9-10,15H2,1-2,4H3/t16-/m1/s1. The van der Waals surface area contributed by atoms with Crippen LogP contribution in [0.15, 0.2) is 55.2 Å². The van der Waals surface area contributed by atoms with Crippen LogP contribution >= 0.6 is 0 Å². The molecule has 5 rings (SSSR count). The zero-order valence-corrected chi connectivity index (χ0v) is 22.5. The van der Waals surface area contributed by atoms with Crippen LogP contribution in [-0.4, -0.2) is 63.1 Å². The zero-order valence-electron chi connectivity index (χ0n) is 22.5. The highest BCUT2D eigenvalue weighted by atomic mass is 19.4. The van der Waals surface area contributed by atoms with Gasteiger partial charge in [0.05, 0.1) is 19.0 Å². The first-order valence-electron chi connectivity index (χ1n) is 12.7. The lowest BCUT2D eigenvalue weighted by Gasteiger charge is -2.41. The van der Waals surface area contributed by atoms with E-state index in [9.17, 15) is 26.7 Å². The number of rotatable bonds is 5. The number of hydrogen-bond acceptors (Lipinski definition) is 5. The molecule has 3 heterocycles. The van der Waals surface area contributed by atoms with E-state index >= 15 is 0 Å². The summed E-state index contributed by atoms with van der Waals surface area (Å²) in [7, 11) is 1.48. The lowest BCUT2D eigenvalue weighted by molar-refractivity contribution is -0.143. The predicted molar refractivity (Wildman–Crippen MR) is 142 cm³/mol. The Labute approximate surface area is 232 Å². The molecule has 0 radical (unpaired) electrons. The molecule has 1 aliphatic heterocycles. The van der Waals surface area contributed by atoms with Gasteiger partial charge in [0.1, 0.15) is 22.9 Å². The second-order valence-electron chi connectivity index (χ2n) is 9.85. The summed E-state index contributed by atoms with van der Waals surface area (Å²) in [4.78, 5) is 21.5. The number of piperazine rings is 1. The molecule has 1 aliphatic rings. The highest BCUT2D eigenvalue weighted by molar-refractivity contribution is 6.00. The number of aromatic nitrogens is 3. The molecular weight excluding hydrogens is 545 g/mol. The van der Waals surface area contributed by atoms with Gasteiger partial charge in [-0.05, 0) is 50.2 Å². The van der Waals surface area contributed by atoms with Crippen molar-refractivity contribution in [1.29, 1.82) is 0 Å². The highest BCUT2D eigenvalue weighted by Crippen LogP contribution is 2.37. The van der Waals surface area contributed by atoms with Crippen molar-refractivity contribution in [3.8, 4) is 17.0 Å². The summed E-state index contributed by atoms with van der Waals surface area (Å²) in [5, 5.41) is 3.92. The first-order chi connectivity index (χ1) is 19.4. The van der Waals surface area contributed by atoms with Gasteiger partial charge in [0.2, 0.25) is 0 Å². The van der Waals surface area contributed by atoms with Gasteiger partial charge < -0.3 is 14.5 Å². The average molecular weight is 572 g/mol. The fourth-order valence-electron chi connectivity index (χ4n) is 5.15. The van der Waals surface area contributed by atoms with Gasteiger partial charge in [-0.2, -0.15) is 18.3 Å². The van der Waals surface area contributed by atoms with Crippen molar-refractivity contribution in [3.63, 3.8) is 0 Å². The van der Waals surface area contributed by atoms with Crippen LogP contribution in [-0.2, 0) is 6.18 Å². The Bertz CT molecular complexity index is 1630. The lowest BCUT2D eigenvalue weighted by atomic mass is 10.0. The van der Waals surface area contributed by atoms with Crippen LogP contribution < -0.4 is 4.74 Å². The Hall–Kier alpha value is -4.48. The van der Waals surface area contributed by atoms with Crippen LogP contribution in [0.25, 0.3) is 22.6 Å². The average Bonchev–Trinajstić information content (AvgIpc) is 3.33. The Morgan fingerprint density at radius 1 is 1.07 bits per heavy atom. The van der Waals surface area contributed by atoms with Gasteiger partial charge in [-0.25, -0.2) is 18.3 Å². The molecule has 1 fully saturated rings. The van der Waals surface area contributed by atoms with Crippen molar-refractivity contribution < 1.29 is 31.5 Å². The van der Waals surface area contributed by atoms with E-state index in [0.717, 1.165) is 12.3 Å². The normalized spacial score (nSPS) is 15.9. The number of nitrogens with zero attached hydrogens (tertiary/aromatic N) is 5. The van der Waals surface area contributed by atoms with E-state index in [0.29, 0.717) is 34.6 Å². The molecule has 2 aromatic heterocycles. The van der Waals surface area contributed by atoms with Gasteiger partial charge in [0.25, 0.3) is 5.91 Å². The summed E-state index contributed by atoms with van der Waals surface area (Å²) in [5.41, 5.74) is -0.277. The second kappa shape index (κ2) is 10.5. The number of halogens is 5. The maximum Gasteiger partial charge on any atom is 0.433 e. The number of amides is 1. The molecule has 0 aliphatic carbocycles. The Morgan fingerprint density at radius 3 is 2.32 bits per heavy atom. The van der Waals surface area contributed by atoms with Gasteiger partial charge in [0, 0.05) is 54.1 Å². The number of hydrogen-bond donors (Lipinski definition) is 0. The Kier molecular flexibility index (Phi) is 7.18. The minimum absolute atomic E-state index is 0.0681. The van der Waals surface area contributed by atoms with Gasteiger partial charge in [0.15, 0.2) is 11.3 Å². The molecule has 1 amide bonds. The third-order valence-corrected chi connectivity index (χ3v) is 7.21. The van der Waals surface area contributed by atoms with E-state index in [-0.39, 0.29) is 34.6 Å². The van der Waals surface area contributed by atoms with Crippen molar-refractivity contribution in [2.75, 3.05) is 26.7 Å². The van der Waals surface area contributed by atoms with E-state index in [2.05, 4.69) is 16.7 Å². The lowest BCUT2D eigenvalue weighted by Crippen LogP contribution is -2.53. The van der Waals surface area contributed by atoms with E-state index in [1.54, 1.807) is 31.2 Å². The predicted octanol–water partition coefficient (Wildman–Crippen LogP) is 5.83. The fraction of sp³-hybridized carbons (Fsp3) is 0.276. The second-order valence-corrected chi connectivity index (χ2v) is 9.85. The maximum absolute atomic E-state index is 14.3. The molecular formula is C29H26F5N5O2. The molecule has 12 heteroatoms. The summed E-state index contributed by atoms with van der Waals surface area (Å²) >= 11 is 0. The number of carbonyl (C=O) groups excluding carboxylic acids is 1. The van der Waals surface area contributed by atoms with E-state index < -0.39 is 35.5 Å². The van der Waals surface area contributed by atoms with Crippen molar-refractivity contribution >= 4 is 17.3 Å². The number of fused-ring (bicyclic) bond motifs is 1. The highest BCUT2D eigenvalue weighted by Gasteiger charge is 2.39.